The number of benzene rings is 2. The molecule has 0 aromatic heterocycles. The molecule has 138 valence electrons. The van der Waals surface area contributed by atoms with Crippen molar-refractivity contribution in [2.75, 3.05) is 13.6 Å². The van der Waals surface area contributed by atoms with Crippen molar-refractivity contribution in [3.63, 3.8) is 0 Å². The number of nitrogens with one attached hydrogen (secondary N) is 2. The van der Waals surface area contributed by atoms with E-state index in [2.05, 4.69) is 28.5 Å². The molecule has 5 heteroatoms. The van der Waals surface area contributed by atoms with Crippen molar-refractivity contribution < 1.29 is 9.18 Å². The number of fused-ring (bicyclic) bond motifs is 1. The Hall–Kier alpha value is -3.04. The molecule has 2 amide bonds. The Morgan fingerprint density at radius 1 is 1.19 bits per heavy atom. The summed E-state index contributed by atoms with van der Waals surface area (Å²) in [7, 11) is 1.85. The molecule has 0 saturated carbocycles. The van der Waals surface area contributed by atoms with Crippen LogP contribution >= 0.6 is 0 Å². The Bertz CT molecular complexity index is 915. The van der Waals surface area contributed by atoms with Crippen LogP contribution in [-0.2, 0) is 6.42 Å². The first-order chi connectivity index (χ1) is 13.2. The van der Waals surface area contributed by atoms with Crippen LogP contribution in [0.2, 0.25) is 0 Å². The molecule has 0 fully saturated rings. The molecule has 0 saturated heterocycles. The fourth-order valence-corrected chi connectivity index (χ4v) is 3.84. The van der Waals surface area contributed by atoms with E-state index in [1.165, 1.54) is 17.7 Å². The van der Waals surface area contributed by atoms with Gasteiger partial charge in [-0.3, -0.25) is 0 Å². The van der Waals surface area contributed by atoms with E-state index in [-0.39, 0.29) is 23.9 Å². The van der Waals surface area contributed by atoms with Gasteiger partial charge in [0.05, 0.1) is 17.8 Å². The highest BCUT2D eigenvalue weighted by Crippen LogP contribution is 2.35. The van der Waals surface area contributed by atoms with E-state index < -0.39 is 0 Å². The minimum atomic E-state index is -0.277. The molecule has 2 N–H and O–H groups in total. The third-order valence-electron chi connectivity index (χ3n) is 5.22. The molecule has 0 radical (unpaired) electrons. The van der Waals surface area contributed by atoms with E-state index in [9.17, 15) is 9.18 Å². The lowest BCUT2D eigenvalue weighted by Gasteiger charge is -2.38. The van der Waals surface area contributed by atoms with Crippen LogP contribution in [-0.4, -0.2) is 30.6 Å². The third-order valence-corrected chi connectivity index (χ3v) is 5.22. The molecule has 1 heterocycles. The van der Waals surface area contributed by atoms with Gasteiger partial charge in [0.25, 0.3) is 0 Å². The monoisotopic (exact) mass is 363 g/mol. The summed E-state index contributed by atoms with van der Waals surface area (Å²) in [6.45, 7) is 0.619. The summed E-state index contributed by atoms with van der Waals surface area (Å²) in [4.78, 5) is 14.9. The third kappa shape index (κ3) is 3.46. The van der Waals surface area contributed by atoms with E-state index in [0.29, 0.717) is 13.0 Å². The molecule has 2 atom stereocenters. The van der Waals surface area contributed by atoms with Crippen LogP contribution in [0.4, 0.5) is 9.18 Å². The summed E-state index contributed by atoms with van der Waals surface area (Å²) in [5.41, 5.74) is 7.36. The van der Waals surface area contributed by atoms with E-state index in [0.717, 1.165) is 23.2 Å². The molecule has 27 heavy (non-hydrogen) atoms. The molecular weight excluding hydrogens is 341 g/mol. The maximum absolute atomic E-state index is 13.4. The summed E-state index contributed by atoms with van der Waals surface area (Å²) in [5, 5.41) is 6.16. The van der Waals surface area contributed by atoms with Gasteiger partial charge >= 0.3 is 6.03 Å². The van der Waals surface area contributed by atoms with Gasteiger partial charge in [-0.1, -0.05) is 36.4 Å². The zero-order valence-corrected chi connectivity index (χ0v) is 15.2. The first-order valence-corrected chi connectivity index (χ1v) is 9.19. The fraction of sp³-hybridized carbons (Fsp3) is 0.273. The predicted octanol–water partition coefficient (Wildman–Crippen LogP) is 3.51. The van der Waals surface area contributed by atoms with Crippen molar-refractivity contribution in [2.45, 2.75) is 24.9 Å². The summed E-state index contributed by atoms with van der Waals surface area (Å²) in [6.07, 6.45) is 3.41. The van der Waals surface area contributed by atoms with E-state index in [1.54, 1.807) is 12.1 Å². The average Bonchev–Trinajstić information content (AvgIpc) is 3.15. The highest BCUT2D eigenvalue weighted by molar-refractivity contribution is 5.76. The highest BCUT2D eigenvalue weighted by Gasteiger charge is 2.32. The zero-order chi connectivity index (χ0) is 18.8. The number of nitrogens with zero attached hydrogens (tertiary/aromatic N) is 1. The van der Waals surface area contributed by atoms with Crippen LogP contribution in [0, 0.1) is 5.82 Å². The maximum Gasteiger partial charge on any atom is 0.318 e. The summed E-state index contributed by atoms with van der Waals surface area (Å²) >= 11 is 0. The summed E-state index contributed by atoms with van der Waals surface area (Å²) < 4.78 is 13.4. The maximum atomic E-state index is 13.4. The van der Waals surface area contributed by atoms with E-state index in [4.69, 9.17) is 0 Å². The number of urea groups is 1. The van der Waals surface area contributed by atoms with Crippen LogP contribution in [0.5, 0.6) is 0 Å². The van der Waals surface area contributed by atoms with Crippen LogP contribution in [0.1, 0.15) is 29.2 Å². The van der Waals surface area contributed by atoms with Crippen molar-refractivity contribution in [2.24, 2.45) is 0 Å². The minimum Gasteiger partial charge on any atom is -0.385 e. The first-order valence-electron chi connectivity index (χ1n) is 9.19. The number of hydrogen-bond donors (Lipinski definition) is 2. The number of carbonyl (C=O) groups is 1. The number of carbonyl (C=O) groups excluding carboxylic acids is 1. The fourth-order valence-electron chi connectivity index (χ4n) is 3.84. The molecule has 4 nitrogen and oxygen atoms in total. The minimum absolute atomic E-state index is 0.0639. The van der Waals surface area contributed by atoms with Crippen molar-refractivity contribution in [3.05, 3.63) is 88.5 Å². The number of amides is 2. The molecular formula is C22H22FN3O. The molecule has 2 aromatic carbocycles. The second-order valence-electron chi connectivity index (χ2n) is 6.90. The molecule has 1 aliphatic carbocycles. The Balaban J connectivity index is 1.62. The smallest absolute Gasteiger partial charge is 0.318 e. The van der Waals surface area contributed by atoms with Crippen molar-refractivity contribution >= 4 is 6.03 Å². The van der Waals surface area contributed by atoms with E-state index in [1.807, 2.05) is 30.2 Å². The van der Waals surface area contributed by atoms with Crippen LogP contribution in [0.15, 0.2) is 66.0 Å². The van der Waals surface area contributed by atoms with Crippen LogP contribution in [0.3, 0.4) is 0 Å². The van der Waals surface area contributed by atoms with Crippen molar-refractivity contribution in [1.82, 2.24) is 15.5 Å². The second kappa shape index (κ2) is 7.29. The Morgan fingerprint density at radius 3 is 2.70 bits per heavy atom. The highest BCUT2D eigenvalue weighted by atomic mass is 19.1. The largest absolute Gasteiger partial charge is 0.385 e. The summed E-state index contributed by atoms with van der Waals surface area (Å²) in [6, 6.07) is 14.2. The van der Waals surface area contributed by atoms with Crippen LogP contribution in [0.25, 0.3) is 0 Å². The second-order valence-corrected chi connectivity index (χ2v) is 6.90. The quantitative estimate of drug-likeness (QED) is 0.820. The topological polar surface area (TPSA) is 44.4 Å². The molecule has 2 aromatic rings. The molecule has 0 spiro atoms. The van der Waals surface area contributed by atoms with Crippen molar-refractivity contribution in [1.29, 1.82) is 0 Å². The number of rotatable bonds is 3. The SMILES string of the molecule is CNC1=C=CC(NC(=O)N2CCc3ccccc3[C@@H]2c2ccc(F)cc2)C1. The van der Waals surface area contributed by atoms with Gasteiger partial charge < -0.3 is 15.5 Å². The van der Waals surface area contributed by atoms with Crippen molar-refractivity contribution in [3.8, 4) is 0 Å². The van der Waals surface area contributed by atoms with Gasteiger partial charge in [-0.25, -0.2) is 9.18 Å². The standard InChI is InChI=1S/C22H22FN3O/c1-24-18-10-11-19(14-18)25-22(27)26-13-12-15-4-2-3-5-20(15)21(26)16-6-8-17(23)9-7-16/h2-9,11,19,21,24H,12-14H2,1H3,(H,25,27)/t19?,21-/m0/s1. The van der Waals surface area contributed by atoms with E-state index >= 15 is 0 Å². The van der Waals surface area contributed by atoms with Gasteiger partial charge in [-0.15, -0.1) is 5.73 Å². The lowest BCUT2D eigenvalue weighted by molar-refractivity contribution is 0.178. The molecule has 1 aliphatic heterocycles. The van der Waals surface area contributed by atoms with Gasteiger partial charge in [-0.2, -0.15) is 0 Å². The molecule has 1 unspecified atom stereocenters. The van der Waals surface area contributed by atoms with Gasteiger partial charge in [0.2, 0.25) is 0 Å². The normalized spacial score (nSPS) is 20.8. The van der Waals surface area contributed by atoms with Gasteiger partial charge in [0.1, 0.15) is 5.82 Å². The first kappa shape index (κ1) is 17.4. The molecule has 0 bridgehead atoms. The average molecular weight is 363 g/mol. The Labute approximate surface area is 158 Å². The van der Waals surface area contributed by atoms with Gasteiger partial charge in [0.15, 0.2) is 0 Å². The molecule has 4 rings (SSSR count). The Kier molecular flexibility index (Phi) is 4.69. The van der Waals surface area contributed by atoms with Gasteiger partial charge in [-0.05, 0) is 41.3 Å². The Morgan fingerprint density at radius 2 is 1.96 bits per heavy atom. The number of hydrogen-bond acceptors (Lipinski definition) is 2. The lowest BCUT2D eigenvalue weighted by Crippen LogP contribution is -2.48. The van der Waals surface area contributed by atoms with Crippen LogP contribution < -0.4 is 10.6 Å². The zero-order valence-electron chi connectivity index (χ0n) is 15.2. The van der Waals surface area contributed by atoms with Gasteiger partial charge in [0, 0.05) is 20.0 Å². The lowest BCUT2D eigenvalue weighted by atomic mass is 9.88. The number of halogens is 1. The summed E-state index contributed by atoms with van der Waals surface area (Å²) in [5.74, 6) is -0.277. The predicted molar refractivity (Wildman–Crippen MR) is 103 cm³/mol. The molecule has 2 aliphatic rings.